The van der Waals surface area contributed by atoms with E-state index in [9.17, 15) is 4.79 Å². The SMILES string of the molecule is COc1cc(C=C2CCOc3ccccc3C2=O)cc2c1OCCO2. The van der Waals surface area contributed by atoms with E-state index in [-0.39, 0.29) is 5.78 Å². The van der Waals surface area contributed by atoms with Gasteiger partial charge < -0.3 is 18.9 Å². The van der Waals surface area contributed by atoms with Gasteiger partial charge in [-0.2, -0.15) is 0 Å². The van der Waals surface area contributed by atoms with Crippen LogP contribution in [0.5, 0.6) is 23.0 Å². The molecule has 2 aromatic rings. The van der Waals surface area contributed by atoms with Crippen molar-refractivity contribution in [3.05, 3.63) is 53.1 Å². The van der Waals surface area contributed by atoms with Crippen LogP contribution in [0.1, 0.15) is 22.3 Å². The number of hydrogen-bond acceptors (Lipinski definition) is 5. The minimum absolute atomic E-state index is 0.0121. The highest BCUT2D eigenvalue weighted by Crippen LogP contribution is 2.41. The third-order valence-electron chi connectivity index (χ3n) is 4.24. The van der Waals surface area contributed by atoms with Crippen molar-refractivity contribution in [3.63, 3.8) is 0 Å². The van der Waals surface area contributed by atoms with Crippen LogP contribution in [-0.2, 0) is 0 Å². The molecule has 0 amide bonds. The fourth-order valence-corrected chi connectivity index (χ4v) is 3.05. The molecular formula is C20H18O5. The Hall–Kier alpha value is -2.95. The molecule has 0 aromatic heterocycles. The number of ether oxygens (including phenoxy) is 4. The molecule has 2 heterocycles. The second-order valence-corrected chi connectivity index (χ2v) is 5.84. The molecule has 0 radical (unpaired) electrons. The van der Waals surface area contributed by atoms with Gasteiger partial charge in [-0.1, -0.05) is 12.1 Å². The molecule has 5 heteroatoms. The average Bonchev–Trinajstić information content (AvgIpc) is 2.81. The van der Waals surface area contributed by atoms with Crippen molar-refractivity contribution >= 4 is 11.9 Å². The molecule has 0 N–H and O–H groups in total. The third kappa shape index (κ3) is 2.93. The molecular weight excluding hydrogens is 320 g/mol. The van der Waals surface area contributed by atoms with Gasteiger partial charge in [0.25, 0.3) is 0 Å². The van der Waals surface area contributed by atoms with E-state index in [4.69, 9.17) is 18.9 Å². The minimum Gasteiger partial charge on any atom is -0.493 e. The summed E-state index contributed by atoms with van der Waals surface area (Å²) in [7, 11) is 1.59. The fraction of sp³-hybridized carbons (Fsp3) is 0.250. The molecule has 2 aromatic carbocycles. The Morgan fingerprint density at radius 3 is 2.68 bits per heavy atom. The number of carbonyl (C=O) groups excluding carboxylic acids is 1. The number of Topliss-reactive ketones (excluding diaryl/α,β-unsaturated/α-hetero) is 1. The molecule has 0 aliphatic carbocycles. The lowest BCUT2D eigenvalue weighted by molar-refractivity contribution is 0.103. The van der Waals surface area contributed by atoms with Crippen molar-refractivity contribution in [2.24, 2.45) is 0 Å². The maximum atomic E-state index is 12.8. The molecule has 2 aliphatic rings. The van der Waals surface area contributed by atoms with Gasteiger partial charge in [0.2, 0.25) is 5.75 Å². The highest BCUT2D eigenvalue weighted by Gasteiger charge is 2.22. The normalized spacial score (nSPS) is 17.5. The number of fused-ring (bicyclic) bond motifs is 2. The highest BCUT2D eigenvalue weighted by molar-refractivity contribution is 6.13. The summed E-state index contributed by atoms with van der Waals surface area (Å²) >= 11 is 0. The van der Waals surface area contributed by atoms with Crippen molar-refractivity contribution in [2.45, 2.75) is 6.42 Å². The minimum atomic E-state index is -0.0121. The number of para-hydroxylation sites is 1. The van der Waals surface area contributed by atoms with Crippen LogP contribution < -0.4 is 18.9 Å². The highest BCUT2D eigenvalue weighted by atomic mass is 16.6. The lowest BCUT2D eigenvalue weighted by atomic mass is 9.99. The Labute approximate surface area is 145 Å². The lowest BCUT2D eigenvalue weighted by Crippen LogP contribution is -2.16. The molecule has 0 atom stereocenters. The molecule has 0 saturated carbocycles. The van der Waals surface area contributed by atoms with Crippen LogP contribution in [0.15, 0.2) is 42.0 Å². The first-order chi connectivity index (χ1) is 12.3. The summed E-state index contributed by atoms with van der Waals surface area (Å²) < 4.78 is 22.4. The topological polar surface area (TPSA) is 54.0 Å². The molecule has 128 valence electrons. The van der Waals surface area contributed by atoms with Gasteiger partial charge in [0, 0.05) is 12.0 Å². The van der Waals surface area contributed by atoms with Gasteiger partial charge in [-0.25, -0.2) is 0 Å². The number of ketones is 1. The smallest absolute Gasteiger partial charge is 0.203 e. The summed E-state index contributed by atoms with van der Waals surface area (Å²) in [6.07, 6.45) is 2.42. The van der Waals surface area contributed by atoms with Crippen molar-refractivity contribution < 1.29 is 23.7 Å². The molecule has 0 spiro atoms. The van der Waals surface area contributed by atoms with E-state index < -0.39 is 0 Å². The molecule has 0 bridgehead atoms. The maximum absolute atomic E-state index is 12.8. The first-order valence-electron chi connectivity index (χ1n) is 8.21. The van der Waals surface area contributed by atoms with Crippen molar-refractivity contribution in [3.8, 4) is 23.0 Å². The predicted molar refractivity (Wildman–Crippen MR) is 92.8 cm³/mol. The van der Waals surface area contributed by atoms with Gasteiger partial charge in [0.1, 0.15) is 19.0 Å². The first-order valence-corrected chi connectivity index (χ1v) is 8.21. The lowest BCUT2D eigenvalue weighted by Gasteiger charge is -2.21. The van der Waals surface area contributed by atoms with Crippen LogP contribution in [0.4, 0.5) is 0 Å². The zero-order chi connectivity index (χ0) is 17.2. The summed E-state index contributed by atoms with van der Waals surface area (Å²) in [5.41, 5.74) is 2.13. The average molecular weight is 338 g/mol. The molecule has 5 nitrogen and oxygen atoms in total. The second kappa shape index (κ2) is 6.51. The van der Waals surface area contributed by atoms with E-state index in [0.717, 1.165) is 5.56 Å². The van der Waals surface area contributed by atoms with Gasteiger partial charge in [-0.3, -0.25) is 4.79 Å². The van der Waals surface area contributed by atoms with E-state index in [1.807, 2.05) is 36.4 Å². The van der Waals surface area contributed by atoms with E-state index in [1.165, 1.54) is 0 Å². The summed E-state index contributed by atoms with van der Waals surface area (Å²) in [5.74, 6) is 2.46. The van der Waals surface area contributed by atoms with Gasteiger partial charge in [0.05, 0.1) is 19.3 Å². The Morgan fingerprint density at radius 1 is 1.00 bits per heavy atom. The third-order valence-corrected chi connectivity index (χ3v) is 4.24. The van der Waals surface area contributed by atoms with Crippen LogP contribution >= 0.6 is 0 Å². The van der Waals surface area contributed by atoms with Crippen LogP contribution in [0.2, 0.25) is 0 Å². The number of methoxy groups -OCH3 is 1. The molecule has 0 saturated heterocycles. The first kappa shape index (κ1) is 15.6. The van der Waals surface area contributed by atoms with E-state index in [1.54, 1.807) is 13.2 Å². The number of hydrogen-bond donors (Lipinski definition) is 0. The van der Waals surface area contributed by atoms with Gasteiger partial charge in [0.15, 0.2) is 17.3 Å². The van der Waals surface area contributed by atoms with Crippen molar-refractivity contribution in [1.29, 1.82) is 0 Å². The Balaban J connectivity index is 1.74. The summed E-state index contributed by atoms with van der Waals surface area (Å²) in [6, 6.07) is 11.0. The standard InChI is InChI=1S/C20H18O5/c1-22-17-11-13(12-18-20(17)25-9-8-24-18)10-14-6-7-23-16-5-3-2-4-15(16)19(14)21/h2-5,10-12H,6-9H2,1H3. The monoisotopic (exact) mass is 338 g/mol. The zero-order valence-electron chi connectivity index (χ0n) is 13.9. The van der Waals surface area contributed by atoms with E-state index in [0.29, 0.717) is 60.4 Å². The van der Waals surface area contributed by atoms with Crippen LogP contribution in [0.25, 0.3) is 6.08 Å². The van der Waals surface area contributed by atoms with Crippen LogP contribution in [0, 0.1) is 0 Å². The number of carbonyl (C=O) groups is 1. The van der Waals surface area contributed by atoms with Gasteiger partial charge in [-0.05, 0) is 35.9 Å². The summed E-state index contributed by atoms with van der Waals surface area (Å²) in [4.78, 5) is 12.8. The fourth-order valence-electron chi connectivity index (χ4n) is 3.05. The van der Waals surface area contributed by atoms with Crippen LogP contribution in [0.3, 0.4) is 0 Å². The zero-order valence-corrected chi connectivity index (χ0v) is 13.9. The number of benzene rings is 2. The maximum Gasteiger partial charge on any atom is 0.203 e. The van der Waals surface area contributed by atoms with E-state index >= 15 is 0 Å². The second-order valence-electron chi connectivity index (χ2n) is 5.84. The Morgan fingerprint density at radius 2 is 1.80 bits per heavy atom. The van der Waals surface area contributed by atoms with E-state index in [2.05, 4.69) is 0 Å². The largest absolute Gasteiger partial charge is 0.493 e. The molecule has 2 aliphatic heterocycles. The van der Waals surface area contributed by atoms with Crippen LogP contribution in [-0.4, -0.2) is 32.7 Å². The quantitative estimate of drug-likeness (QED) is 0.784. The Kier molecular flexibility index (Phi) is 4.06. The molecule has 25 heavy (non-hydrogen) atoms. The predicted octanol–water partition coefficient (Wildman–Crippen LogP) is 3.52. The molecule has 0 unspecified atom stereocenters. The van der Waals surface area contributed by atoms with Gasteiger partial charge in [-0.15, -0.1) is 0 Å². The van der Waals surface area contributed by atoms with Gasteiger partial charge >= 0.3 is 0 Å². The number of rotatable bonds is 2. The molecule has 4 rings (SSSR count). The summed E-state index contributed by atoms with van der Waals surface area (Å²) in [6.45, 7) is 1.46. The summed E-state index contributed by atoms with van der Waals surface area (Å²) in [5, 5.41) is 0. The van der Waals surface area contributed by atoms with Crippen molar-refractivity contribution in [2.75, 3.05) is 26.9 Å². The van der Waals surface area contributed by atoms with Crippen molar-refractivity contribution in [1.82, 2.24) is 0 Å². The molecule has 0 fully saturated rings. The Bertz CT molecular complexity index is 836.